The summed E-state index contributed by atoms with van der Waals surface area (Å²) in [5.74, 6) is 1.36. The summed E-state index contributed by atoms with van der Waals surface area (Å²) in [5, 5.41) is 7.05. The summed E-state index contributed by atoms with van der Waals surface area (Å²) in [6, 6.07) is 23.4. The number of rotatable bonds is 8. The maximum atomic E-state index is 12.3. The van der Waals surface area contributed by atoms with Crippen LogP contribution < -0.4 is 10.1 Å². The van der Waals surface area contributed by atoms with Crippen LogP contribution in [0.5, 0.6) is 5.75 Å². The monoisotopic (exact) mass is 398 g/mol. The van der Waals surface area contributed by atoms with Gasteiger partial charge in [-0.25, -0.2) is 9.67 Å². The van der Waals surface area contributed by atoms with Crippen molar-refractivity contribution in [2.24, 2.45) is 0 Å². The SMILES string of the molecule is O=C(NCCc1ccc(OCc2ccccc2)cc1)c1ccc(-n2cccn2)nc1. The third kappa shape index (κ3) is 5.11. The van der Waals surface area contributed by atoms with Crippen molar-refractivity contribution in [3.63, 3.8) is 0 Å². The van der Waals surface area contributed by atoms with Crippen molar-refractivity contribution in [3.05, 3.63) is 108 Å². The average molecular weight is 398 g/mol. The van der Waals surface area contributed by atoms with E-state index in [2.05, 4.69) is 15.4 Å². The molecule has 0 aliphatic heterocycles. The van der Waals surface area contributed by atoms with E-state index in [1.54, 1.807) is 35.4 Å². The van der Waals surface area contributed by atoms with Gasteiger partial charge in [0.15, 0.2) is 5.82 Å². The van der Waals surface area contributed by atoms with Gasteiger partial charge >= 0.3 is 0 Å². The van der Waals surface area contributed by atoms with Gasteiger partial charge in [-0.05, 0) is 47.9 Å². The largest absolute Gasteiger partial charge is 0.489 e. The Morgan fingerprint density at radius 3 is 2.47 bits per heavy atom. The minimum atomic E-state index is -0.141. The van der Waals surface area contributed by atoms with Crippen molar-refractivity contribution in [1.29, 1.82) is 0 Å². The van der Waals surface area contributed by atoms with Crippen molar-refractivity contribution in [2.45, 2.75) is 13.0 Å². The van der Waals surface area contributed by atoms with Gasteiger partial charge in [0.25, 0.3) is 5.91 Å². The number of nitrogens with one attached hydrogen (secondary N) is 1. The third-order valence-electron chi connectivity index (χ3n) is 4.62. The standard InChI is InChI=1S/C24H22N4O2/c29-24(21-9-12-23(26-17-21)28-16-4-14-27-28)25-15-13-19-7-10-22(11-8-19)30-18-20-5-2-1-3-6-20/h1-12,14,16-17H,13,15,18H2,(H,25,29). The number of carbonyl (C=O) groups is 1. The maximum absolute atomic E-state index is 12.3. The zero-order valence-corrected chi connectivity index (χ0v) is 16.4. The Labute approximate surface area is 175 Å². The molecule has 0 spiro atoms. The fourth-order valence-electron chi connectivity index (χ4n) is 2.98. The number of ether oxygens (including phenoxy) is 1. The summed E-state index contributed by atoms with van der Waals surface area (Å²) in [6.07, 6.45) is 5.79. The molecule has 0 fully saturated rings. The van der Waals surface area contributed by atoms with Crippen LogP contribution in [0.3, 0.4) is 0 Å². The normalized spacial score (nSPS) is 10.5. The molecule has 4 aromatic rings. The Hall–Kier alpha value is -3.93. The van der Waals surface area contributed by atoms with Gasteiger partial charge in [0.1, 0.15) is 12.4 Å². The molecule has 30 heavy (non-hydrogen) atoms. The molecule has 4 rings (SSSR count). The quantitative estimate of drug-likeness (QED) is 0.490. The van der Waals surface area contributed by atoms with Crippen LogP contribution in [0.4, 0.5) is 0 Å². The van der Waals surface area contributed by atoms with E-state index in [4.69, 9.17) is 4.74 Å². The van der Waals surface area contributed by atoms with E-state index in [1.807, 2.05) is 60.7 Å². The lowest BCUT2D eigenvalue weighted by atomic mass is 10.1. The lowest BCUT2D eigenvalue weighted by Gasteiger charge is -2.08. The lowest BCUT2D eigenvalue weighted by molar-refractivity contribution is 0.0954. The number of nitrogens with zero attached hydrogens (tertiary/aromatic N) is 3. The van der Waals surface area contributed by atoms with E-state index in [9.17, 15) is 4.79 Å². The van der Waals surface area contributed by atoms with E-state index in [1.165, 1.54) is 0 Å². The zero-order chi connectivity index (χ0) is 20.6. The molecule has 0 radical (unpaired) electrons. The number of amides is 1. The van der Waals surface area contributed by atoms with Gasteiger partial charge in [0, 0.05) is 25.1 Å². The Balaban J connectivity index is 1.23. The van der Waals surface area contributed by atoms with Crippen LogP contribution >= 0.6 is 0 Å². The van der Waals surface area contributed by atoms with Crippen LogP contribution in [0, 0.1) is 0 Å². The molecule has 0 aliphatic rings. The zero-order valence-electron chi connectivity index (χ0n) is 16.4. The first-order valence-corrected chi connectivity index (χ1v) is 9.78. The molecule has 1 amide bonds. The van der Waals surface area contributed by atoms with Gasteiger partial charge in [-0.1, -0.05) is 42.5 Å². The Bertz CT molecular complexity index is 1060. The highest BCUT2D eigenvalue weighted by Gasteiger charge is 2.07. The van der Waals surface area contributed by atoms with Gasteiger partial charge in [0.05, 0.1) is 5.56 Å². The molecule has 0 aliphatic carbocycles. The molecule has 2 aromatic heterocycles. The van der Waals surface area contributed by atoms with E-state index in [-0.39, 0.29) is 5.91 Å². The smallest absolute Gasteiger partial charge is 0.252 e. The second-order valence-corrected chi connectivity index (χ2v) is 6.78. The van der Waals surface area contributed by atoms with Gasteiger partial charge in [-0.3, -0.25) is 4.79 Å². The number of hydrogen-bond donors (Lipinski definition) is 1. The maximum Gasteiger partial charge on any atom is 0.252 e. The van der Waals surface area contributed by atoms with Crippen LogP contribution in [0.15, 0.2) is 91.4 Å². The van der Waals surface area contributed by atoms with E-state index >= 15 is 0 Å². The van der Waals surface area contributed by atoms with Crippen LogP contribution in [0.25, 0.3) is 5.82 Å². The topological polar surface area (TPSA) is 69.0 Å². The Morgan fingerprint density at radius 2 is 1.77 bits per heavy atom. The Morgan fingerprint density at radius 1 is 0.933 bits per heavy atom. The number of aromatic nitrogens is 3. The molecule has 2 heterocycles. The first kappa shape index (κ1) is 19.4. The molecule has 1 N–H and O–H groups in total. The summed E-state index contributed by atoms with van der Waals surface area (Å²) in [5.41, 5.74) is 2.79. The first-order chi connectivity index (χ1) is 14.8. The minimum absolute atomic E-state index is 0.141. The second-order valence-electron chi connectivity index (χ2n) is 6.78. The van der Waals surface area contributed by atoms with Crippen molar-refractivity contribution in [2.75, 3.05) is 6.54 Å². The summed E-state index contributed by atoms with van der Waals surface area (Å²) in [7, 11) is 0. The van der Waals surface area contributed by atoms with Gasteiger partial charge in [-0.15, -0.1) is 0 Å². The van der Waals surface area contributed by atoms with Gasteiger partial charge in [-0.2, -0.15) is 5.10 Å². The van der Waals surface area contributed by atoms with Gasteiger partial charge < -0.3 is 10.1 Å². The van der Waals surface area contributed by atoms with Crippen molar-refractivity contribution < 1.29 is 9.53 Å². The summed E-state index contributed by atoms with van der Waals surface area (Å²) < 4.78 is 7.45. The van der Waals surface area contributed by atoms with E-state index < -0.39 is 0 Å². The fraction of sp³-hybridized carbons (Fsp3) is 0.125. The third-order valence-corrected chi connectivity index (χ3v) is 4.62. The summed E-state index contributed by atoms with van der Waals surface area (Å²) >= 11 is 0. The molecular formula is C24H22N4O2. The molecule has 2 aromatic carbocycles. The Kier molecular flexibility index (Phi) is 6.15. The predicted octanol–water partition coefficient (Wildman–Crippen LogP) is 3.82. The van der Waals surface area contributed by atoms with Crippen molar-refractivity contribution in [3.8, 4) is 11.6 Å². The van der Waals surface area contributed by atoms with Crippen molar-refractivity contribution in [1.82, 2.24) is 20.1 Å². The van der Waals surface area contributed by atoms with E-state index in [0.29, 0.717) is 24.5 Å². The van der Waals surface area contributed by atoms with Crippen molar-refractivity contribution >= 4 is 5.91 Å². The highest BCUT2D eigenvalue weighted by molar-refractivity contribution is 5.93. The molecule has 0 saturated carbocycles. The summed E-state index contributed by atoms with van der Waals surface area (Å²) in [4.78, 5) is 16.6. The molecular weight excluding hydrogens is 376 g/mol. The molecule has 6 heteroatoms. The number of pyridine rings is 1. The lowest BCUT2D eigenvalue weighted by Crippen LogP contribution is -2.25. The average Bonchev–Trinajstić information content (AvgIpc) is 3.34. The molecule has 0 atom stereocenters. The first-order valence-electron chi connectivity index (χ1n) is 9.78. The predicted molar refractivity (Wildman–Crippen MR) is 115 cm³/mol. The molecule has 0 unspecified atom stereocenters. The summed E-state index contributed by atoms with van der Waals surface area (Å²) in [6.45, 7) is 1.09. The van der Waals surface area contributed by atoms with Crippen LogP contribution in [-0.2, 0) is 13.0 Å². The highest BCUT2D eigenvalue weighted by Crippen LogP contribution is 2.14. The minimum Gasteiger partial charge on any atom is -0.489 e. The number of carbonyl (C=O) groups excluding carboxylic acids is 1. The van der Waals surface area contributed by atoms with Crippen LogP contribution in [0.2, 0.25) is 0 Å². The molecule has 6 nitrogen and oxygen atoms in total. The highest BCUT2D eigenvalue weighted by atomic mass is 16.5. The van der Waals surface area contributed by atoms with Crippen LogP contribution in [0.1, 0.15) is 21.5 Å². The number of benzene rings is 2. The van der Waals surface area contributed by atoms with E-state index in [0.717, 1.165) is 23.3 Å². The molecule has 150 valence electrons. The van der Waals surface area contributed by atoms with Crippen LogP contribution in [-0.4, -0.2) is 27.2 Å². The van der Waals surface area contributed by atoms with Gasteiger partial charge in [0.2, 0.25) is 0 Å². The fourth-order valence-corrected chi connectivity index (χ4v) is 2.98. The number of hydrogen-bond acceptors (Lipinski definition) is 4. The molecule has 0 bridgehead atoms. The second kappa shape index (κ2) is 9.52. The molecule has 0 saturated heterocycles.